The molecular weight excluding hydrogens is 392 g/mol. The zero-order chi connectivity index (χ0) is 22.5. The largest absolute Gasteiger partial charge is 0.466 e. The molecule has 0 bridgehead atoms. The lowest BCUT2D eigenvalue weighted by Gasteiger charge is -2.31. The van der Waals surface area contributed by atoms with Crippen molar-refractivity contribution < 1.29 is 38.0 Å². The van der Waals surface area contributed by atoms with E-state index in [1.807, 2.05) is 0 Å². The molecule has 30 heavy (non-hydrogen) atoms. The van der Waals surface area contributed by atoms with E-state index in [0.717, 1.165) is 25.7 Å². The molecule has 0 N–H and O–H groups in total. The first-order chi connectivity index (χ1) is 14.6. The minimum atomic E-state index is -1.59. The smallest absolute Gasteiger partial charge is 0.366 e. The molecule has 0 aromatic carbocycles. The van der Waals surface area contributed by atoms with E-state index in [1.165, 1.54) is 0 Å². The third-order valence-electron chi connectivity index (χ3n) is 4.19. The van der Waals surface area contributed by atoms with Gasteiger partial charge in [0.05, 0.1) is 39.6 Å². The topological polar surface area (TPSA) is 89.5 Å². The van der Waals surface area contributed by atoms with Crippen LogP contribution in [0.25, 0.3) is 0 Å². The van der Waals surface area contributed by atoms with Gasteiger partial charge in [0.15, 0.2) is 0 Å². The maximum absolute atomic E-state index is 12.7. The predicted octanol–water partition coefficient (Wildman–Crippen LogP) is 3.65. The average molecular weight is 435 g/mol. The number of esters is 2. The summed E-state index contributed by atoms with van der Waals surface area (Å²) in [5.41, 5.74) is 0. The Morgan fingerprint density at radius 1 is 0.667 bits per heavy atom. The van der Waals surface area contributed by atoms with Crippen LogP contribution in [0.1, 0.15) is 72.6 Å². The van der Waals surface area contributed by atoms with E-state index in [1.54, 1.807) is 13.8 Å². The fourth-order valence-corrected chi connectivity index (χ4v) is 2.57. The quantitative estimate of drug-likeness (QED) is 0.154. The van der Waals surface area contributed by atoms with Crippen LogP contribution in [0.15, 0.2) is 0 Å². The standard InChI is InChI=1S/C22H42O8/c1-5-9-14-25-16-18-29-22(21(24)28-8-4,13-11-12-20(23)27-7-3)30-19-17-26-15-10-6-2/h5-19H2,1-4H3. The highest BCUT2D eigenvalue weighted by Gasteiger charge is 2.42. The molecule has 8 heteroatoms. The van der Waals surface area contributed by atoms with E-state index in [-0.39, 0.29) is 38.6 Å². The van der Waals surface area contributed by atoms with Crippen LogP contribution >= 0.6 is 0 Å². The Hall–Kier alpha value is -1.22. The molecule has 0 aliphatic carbocycles. The highest BCUT2D eigenvalue weighted by atomic mass is 16.7. The molecule has 0 unspecified atom stereocenters. The first kappa shape index (κ1) is 28.8. The van der Waals surface area contributed by atoms with Gasteiger partial charge in [0.1, 0.15) is 0 Å². The van der Waals surface area contributed by atoms with Crippen LogP contribution < -0.4 is 0 Å². The van der Waals surface area contributed by atoms with Crippen LogP contribution in [-0.2, 0) is 38.0 Å². The van der Waals surface area contributed by atoms with Gasteiger partial charge in [-0.2, -0.15) is 0 Å². The summed E-state index contributed by atoms with van der Waals surface area (Å²) in [6.07, 6.45) is 4.73. The fourth-order valence-electron chi connectivity index (χ4n) is 2.57. The average Bonchev–Trinajstić information content (AvgIpc) is 2.73. The highest BCUT2D eigenvalue weighted by Crippen LogP contribution is 2.24. The van der Waals surface area contributed by atoms with Crippen molar-refractivity contribution in [1.29, 1.82) is 0 Å². The van der Waals surface area contributed by atoms with Gasteiger partial charge >= 0.3 is 11.9 Å². The molecule has 0 aromatic heterocycles. The second kappa shape index (κ2) is 19.7. The Labute approximate surface area is 181 Å². The highest BCUT2D eigenvalue weighted by molar-refractivity contribution is 5.78. The number of rotatable bonds is 21. The predicted molar refractivity (Wildman–Crippen MR) is 113 cm³/mol. The van der Waals surface area contributed by atoms with E-state index < -0.39 is 11.8 Å². The van der Waals surface area contributed by atoms with Gasteiger partial charge in [-0.05, 0) is 33.1 Å². The van der Waals surface area contributed by atoms with Crippen LogP contribution in [0, 0.1) is 0 Å². The second-order valence-electron chi connectivity index (χ2n) is 6.76. The Morgan fingerprint density at radius 3 is 1.67 bits per heavy atom. The minimum absolute atomic E-state index is 0.168. The number of hydrogen-bond acceptors (Lipinski definition) is 8. The van der Waals surface area contributed by atoms with Crippen LogP contribution in [0.3, 0.4) is 0 Å². The van der Waals surface area contributed by atoms with Gasteiger partial charge in [-0.1, -0.05) is 26.7 Å². The second-order valence-corrected chi connectivity index (χ2v) is 6.76. The number of carbonyl (C=O) groups excluding carboxylic acids is 2. The monoisotopic (exact) mass is 434 g/mol. The molecule has 0 aliphatic heterocycles. The Kier molecular flexibility index (Phi) is 18.9. The lowest BCUT2D eigenvalue weighted by Crippen LogP contribution is -2.47. The molecule has 0 rings (SSSR count). The first-order valence-corrected chi connectivity index (χ1v) is 11.3. The van der Waals surface area contributed by atoms with Gasteiger partial charge in [0.25, 0.3) is 5.79 Å². The zero-order valence-electron chi connectivity index (χ0n) is 19.4. The minimum Gasteiger partial charge on any atom is -0.466 e. The van der Waals surface area contributed by atoms with Crippen LogP contribution in [0.4, 0.5) is 0 Å². The molecule has 0 atom stereocenters. The summed E-state index contributed by atoms with van der Waals surface area (Å²) in [4.78, 5) is 24.4. The Balaban J connectivity index is 4.91. The molecule has 0 aromatic rings. The molecule has 0 saturated heterocycles. The summed E-state index contributed by atoms with van der Waals surface area (Å²) in [5, 5.41) is 0. The van der Waals surface area contributed by atoms with Crippen molar-refractivity contribution >= 4 is 11.9 Å². The van der Waals surface area contributed by atoms with Gasteiger partial charge in [-0.25, -0.2) is 4.79 Å². The van der Waals surface area contributed by atoms with Crippen molar-refractivity contribution in [3.8, 4) is 0 Å². The van der Waals surface area contributed by atoms with E-state index >= 15 is 0 Å². The summed E-state index contributed by atoms with van der Waals surface area (Å²) < 4.78 is 33.0. The van der Waals surface area contributed by atoms with Crippen molar-refractivity contribution in [3.63, 3.8) is 0 Å². The van der Waals surface area contributed by atoms with Crippen molar-refractivity contribution in [1.82, 2.24) is 0 Å². The zero-order valence-corrected chi connectivity index (χ0v) is 19.4. The van der Waals surface area contributed by atoms with E-state index in [4.69, 9.17) is 28.4 Å². The number of hydrogen-bond donors (Lipinski definition) is 0. The third kappa shape index (κ3) is 13.9. The molecule has 178 valence electrons. The van der Waals surface area contributed by atoms with Gasteiger partial charge in [-0.15, -0.1) is 0 Å². The van der Waals surface area contributed by atoms with E-state index in [9.17, 15) is 9.59 Å². The Morgan fingerprint density at radius 2 is 1.20 bits per heavy atom. The molecular formula is C22H42O8. The van der Waals surface area contributed by atoms with Gasteiger partial charge < -0.3 is 28.4 Å². The molecule has 0 amide bonds. The summed E-state index contributed by atoms with van der Waals surface area (Å²) in [7, 11) is 0. The lowest BCUT2D eigenvalue weighted by molar-refractivity contribution is -0.257. The van der Waals surface area contributed by atoms with Crippen molar-refractivity contribution in [2.45, 2.75) is 78.4 Å². The van der Waals surface area contributed by atoms with Gasteiger partial charge in [-0.3, -0.25) is 4.79 Å². The number of carbonyl (C=O) groups is 2. The van der Waals surface area contributed by atoms with E-state index in [0.29, 0.717) is 39.5 Å². The molecule has 0 radical (unpaired) electrons. The van der Waals surface area contributed by atoms with Gasteiger partial charge in [0, 0.05) is 26.1 Å². The number of ether oxygens (including phenoxy) is 6. The maximum Gasteiger partial charge on any atom is 0.366 e. The summed E-state index contributed by atoms with van der Waals surface area (Å²) >= 11 is 0. The third-order valence-corrected chi connectivity index (χ3v) is 4.19. The molecule has 0 fully saturated rings. The Bertz CT molecular complexity index is 411. The van der Waals surface area contributed by atoms with Crippen molar-refractivity contribution in [2.24, 2.45) is 0 Å². The fraction of sp³-hybridized carbons (Fsp3) is 0.909. The number of unbranched alkanes of at least 4 members (excludes halogenated alkanes) is 2. The normalized spacial score (nSPS) is 11.5. The maximum atomic E-state index is 12.7. The molecule has 0 saturated carbocycles. The first-order valence-electron chi connectivity index (χ1n) is 11.3. The van der Waals surface area contributed by atoms with Crippen molar-refractivity contribution in [3.05, 3.63) is 0 Å². The van der Waals surface area contributed by atoms with Crippen LogP contribution in [-0.4, -0.2) is 70.6 Å². The van der Waals surface area contributed by atoms with Crippen molar-refractivity contribution in [2.75, 3.05) is 52.9 Å². The molecule has 0 aliphatic rings. The summed E-state index contributed by atoms with van der Waals surface area (Å²) in [6.45, 7) is 10.5. The molecule has 0 heterocycles. The van der Waals surface area contributed by atoms with E-state index in [2.05, 4.69) is 13.8 Å². The SMILES string of the molecule is CCCCOCCOC(CCCC(=O)OCC)(OCCOCCCC)C(=O)OCC. The van der Waals surface area contributed by atoms with Gasteiger partial charge in [0.2, 0.25) is 0 Å². The molecule has 0 spiro atoms. The molecule has 8 nitrogen and oxygen atoms in total. The van der Waals surface area contributed by atoms with Crippen LogP contribution in [0.2, 0.25) is 0 Å². The van der Waals surface area contributed by atoms with Crippen LogP contribution in [0.5, 0.6) is 0 Å². The summed E-state index contributed by atoms with van der Waals surface area (Å²) in [6, 6.07) is 0. The summed E-state index contributed by atoms with van der Waals surface area (Å²) in [5.74, 6) is -2.51. The lowest BCUT2D eigenvalue weighted by atomic mass is 10.1.